The van der Waals surface area contributed by atoms with E-state index in [9.17, 15) is 13.2 Å². The second kappa shape index (κ2) is 5.01. The van der Waals surface area contributed by atoms with E-state index in [1.54, 1.807) is 20.1 Å². The molecule has 0 bridgehead atoms. The van der Waals surface area contributed by atoms with Gasteiger partial charge in [-0.1, -0.05) is 0 Å². The molecule has 3 rings (SSSR count). The zero-order valence-corrected chi connectivity index (χ0v) is 13.3. The molecular formula is C15H18N2O4S. The van der Waals surface area contributed by atoms with Gasteiger partial charge >= 0.3 is 0 Å². The van der Waals surface area contributed by atoms with Gasteiger partial charge in [0.25, 0.3) is 5.91 Å². The van der Waals surface area contributed by atoms with Gasteiger partial charge in [0.05, 0.1) is 24.2 Å². The van der Waals surface area contributed by atoms with E-state index in [-0.39, 0.29) is 17.4 Å². The maximum atomic E-state index is 12.4. The minimum absolute atomic E-state index is 0.0141. The standard InChI is InChI=1S/C15H18N2O4S/c1-15(5-6-22(19,20)9-15)17-14(18)13-7-10-3-4-11(21-2)8-12(10)16-13/h3-4,7-8,16H,5-6,9H2,1-2H3,(H,17,18)/t15-/m0/s1. The topological polar surface area (TPSA) is 88.3 Å². The Morgan fingerprint density at radius 1 is 1.36 bits per heavy atom. The molecule has 0 radical (unpaired) electrons. The first-order valence-electron chi connectivity index (χ1n) is 7.00. The molecule has 2 aromatic rings. The fourth-order valence-corrected chi connectivity index (χ4v) is 4.90. The monoisotopic (exact) mass is 322 g/mol. The molecule has 118 valence electrons. The van der Waals surface area contributed by atoms with Crippen molar-refractivity contribution in [1.29, 1.82) is 0 Å². The van der Waals surface area contributed by atoms with Crippen LogP contribution in [-0.4, -0.2) is 43.5 Å². The number of H-pyrrole nitrogens is 1. The Hall–Kier alpha value is -2.02. The van der Waals surface area contributed by atoms with Crippen LogP contribution in [0.15, 0.2) is 24.3 Å². The lowest BCUT2D eigenvalue weighted by atomic mass is 10.0. The molecule has 1 amide bonds. The zero-order valence-electron chi connectivity index (χ0n) is 12.5. The van der Waals surface area contributed by atoms with Gasteiger partial charge in [-0.2, -0.15) is 0 Å². The molecule has 2 heterocycles. The van der Waals surface area contributed by atoms with E-state index in [0.29, 0.717) is 17.9 Å². The molecule has 1 fully saturated rings. The Labute approximate surface area is 128 Å². The first-order valence-corrected chi connectivity index (χ1v) is 8.82. The van der Waals surface area contributed by atoms with Gasteiger partial charge in [-0.15, -0.1) is 0 Å². The summed E-state index contributed by atoms with van der Waals surface area (Å²) in [4.78, 5) is 15.4. The van der Waals surface area contributed by atoms with E-state index in [4.69, 9.17) is 4.74 Å². The predicted octanol–water partition coefficient (Wildman–Crippen LogP) is 1.48. The normalized spacial score (nSPS) is 23.5. The number of aromatic amines is 1. The summed E-state index contributed by atoms with van der Waals surface area (Å²) in [6.07, 6.45) is 0.440. The van der Waals surface area contributed by atoms with Crippen LogP contribution in [-0.2, 0) is 9.84 Å². The van der Waals surface area contributed by atoms with Gasteiger partial charge in [0, 0.05) is 17.0 Å². The van der Waals surface area contributed by atoms with E-state index in [1.807, 2.05) is 18.2 Å². The molecule has 1 aromatic carbocycles. The maximum absolute atomic E-state index is 12.4. The van der Waals surface area contributed by atoms with Gasteiger partial charge < -0.3 is 15.0 Å². The molecule has 1 atom stereocenters. The summed E-state index contributed by atoms with van der Waals surface area (Å²) in [6.45, 7) is 1.77. The molecule has 1 aromatic heterocycles. The summed E-state index contributed by atoms with van der Waals surface area (Å²) in [5.41, 5.74) is 0.507. The van der Waals surface area contributed by atoms with Crippen LogP contribution in [0.5, 0.6) is 5.75 Å². The first kappa shape index (κ1) is 14.9. The van der Waals surface area contributed by atoms with Crippen LogP contribution in [0.25, 0.3) is 10.9 Å². The Bertz CT molecular complexity index is 840. The summed E-state index contributed by atoms with van der Waals surface area (Å²) < 4.78 is 28.4. The van der Waals surface area contributed by atoms with Crippen molar-refractivity contribution >= 4 is 26.6 Å². The highest BCUT2D eigenvalue weighted by Crippen LogP contribution is 2.25. The van der Waals surface area contributed by atoms with Crippen molar-refractivity contribution < 1.29 is 17.9 Å². The number of amides is 1. The average molecular weight is 322 g/mol. The van der Waals surface area contributed by atoms with Gasteiger partial charge in [-0.3, -0.25) is 4.79 Å². The van der Waals surface area contributed by atoms with Crippen LogP contribution in [0.4, 0.5) is 0 Å². The number of sulfone groups is 1. The third kappa shape index (κ3) is 2.81. The minimum atomic E-state index is -3.06. The molecule has 0 unspecified atom stereocenters. The Balaban J connectivity index is 1.83. The summed E-state index contributed by atoms with van der Waals surface area (Å²) in [5, 5.41) is 3.73. The highest BCUT2D eigenvalue weighted by Gasteiger charge is 2.39. The van der Waals surface area contributed by atoms with Gasteiger partial charge in [-0.25, -0.2) is 8.42 Å². The Kier molecular flexibility index (Phi) is 3.40. The lowest BCUT2D eigenvalue weighted by molar-refractivity contribution is 0.0911. The van der Waals surface area contributed by atoms with Crippen LogP contribution in [0.1, 0.15) is 23.8 Å². The lowest BCUT2D eigenvalue weighted by Crippen LogP contribution is -2.47. The second-order valence-corrected chi connectivity index (χ2v) is 8.18. The third-order valence-electron chi connectivity index (χ3n) is 3.99. The fraction of sp³-hybridized carbons (Fsp3) is 0.400. The summed E-state index contributed by atoms with van der Waals surface area (Å²) in [6, 6.07) is 7.25. The SMILES string of the molecule is COc1ccc2cc(C(=O)N[C@@]3(C)CCS(=O)(=O)C3)[nH]c2c1. The van der Waals surface area contributed by atoms with Gasteiger partial charge in [0.15, 0.2) is 9.84 Å². The second-order valence-electron chi connectivity index (χ2n) is 5.99. The van der Waals surface area contributed by atoms with Crippen molar-refractivity contribution in [2.75, 3.05) is 18.6 Å². The molecule has 1 saturated heterocycles. The maximum Gasteiger partial charge on any atom is 0.268 e. The van der Waals surface area contributed by atoms with Gasteiger partial charge in [-0.05, 0) is 31.5 Å². The number of aromatic nitrogens is 1. The quantitative estimate of drug-likeness (QED) is 0.896. The molecule has 0 saturated carbocycles. The molecule has 1 aliphatic heterocycles. The van der Waals surface area contributed by atoms with Crippen LogP contribution in [0.3, 0.4) is 0 Å². The molecule has 0 spiro atoms. The van der Waals surface area contributed by atoms with E-state index in [1.165, 1.54) is 0 Å². The number of ether oxygens (including phenoxy) is 1. The zero-order chi connectivity index (χ0) is 16.0. The molecule has 22 heavy (non-hydrogen) atoms. The van der Waals surface area contributed by atoms with Crippen LogP contribution >= 0.6 is 0 Å². The van der Waals surface area contributed by atoms with Gasteiger partial charge in [0.2, 0.25) is 0 Å². The minimum Gasteiger partial charge on any atom is -0.497 e. The highest BCUT2D eigenvalue weighted by atomic mass is 32.2. The van der Waals surface area contributed by atoms with E-state index < -0.39 is 15.4 Å². The number of carbonyl (C=O) groups excluding carboxylic acids is 1. The number of hydrogen-bond acceptors (Lipinski definition) is 4. The molecule has 1 aliphatic rings. The number of rotatable bonds is 3. The number of hydrogen-bond donors (Lipinski definition) is 2. The fourth-order valence-electron chi connectivity index (χ4n) is 2.81. The molecule has 7 heteroatoms. The number of methoxy groups -OCH3 is 1. The Morgan fingerprint density at radius 2 is 2.14 bits per heavy atom. The van der Waals surface area contributed by atoms with Crippen LogP contribution in [0.2, 0.25) is 0 Å². The predicted molar refractivity (Wildman–Crippen MR) is 84.0 cm³/mol. The van der Waals surface area contributed by atoms with Crippen molar-refractivity contribution in [2.24, 2.45) is 0 Å². The van der Waals surface area contributed by atoms with E-state index in [0.717, 1.165) is 10.9 Å². The van der Waals surface area contributed by atoms with Crippen molar-refractivity contribution in [3.63, 3.8) is 0 Å². The lowest BCUT2D eigenvalue weighted by Gasteiger charge is -2.23. The van der Waals surface area contributed by atoms with Crippen molar-refractivity contribution in [3.05, 3.63) is 30.0 Å². The van der Waals surface area contributed by atoms with E-state index in [2.05, 4.69) is 10.3 Å². The molecule has 0 aliphatic carbocycles. The number of fused-ring (bicyclic) bond motifs is 1. The highest BCUT2D eigenvalue weighted by molar-refractivity contribution is 7.91. The van der Waals surface area contributed by atoms with E-state index >= 15 is 0 Å². The molecular weight excluding hydrogens is 304 g/mol. The Morgan fingerprint density at radius 3 is 2.77 bits per heavy atom. The van der Waals surface area contributed by atoms with Gasteiger partial charge in [0.1, 0.15) is 11.4 Å². The summed E-state index contributed by atoms with van der Waals surface area (Å²) in [5.74, 6) is 0.512. The van der Waals surface area contributed by atoms with Crippen molar-refractivity contribution in [2.45, 2.75) is 18.9 Å². The van der Waals surface area contributed by atoms with Crippen molar-refractivity contribution in [1.82, 2.24) is 10.3 Å². The average Bonchev–Trinajstić information content (AvgIpc) is 2.98. The van der Waals surface area contributed by atoms with Crippen LogP contribution in [0, 0.1) is 0 Å². The first-order chi connectivity index (χ1) is 10.3. The third-order valence-corrected chi connectivity index (χ3v) is 5.90. The summed E-state index contributed by atoms with van der Waals surface area (Å²) >= 11 is 0. The number of benzene rings is 1. The van der Waals surface area contributed by atoms with Crippen molar-refractivity contribution in [3.8, 4) is 5.75 Å². The smallest absolute Gasteiger partial charge is 0.268 e. The van der Waals surface area contributed by atoms with Crippen LogP contribution < -0.4 is 10.1 Å². The summed E-state index contributed by atoms with van der Waals surface area (Å²) in [7, 11) is -1.47. The largest absolute Gasteiger partial charge is 0.497 e. The molecule has 6 nitrogen and oxygen atoms in total. The number of carbonyl (C=O) groups is 1. The number of nitrogens with one attached hydrogen (secondary N) is 2. The molecule has 2 N–H and O–H groups in total.